The zero-order chi connectivity index (χ0) is 11.4. The molecule has 0 aliphatic rings. The van der Waals surface area contributed by atoms with E-state index in [4.69, 9.17) is 28.3 Å². The van der Waals surface area contributed by atoms with Crippen LogP contribution in [0, 0.1) is 0 Å². The summed E-state index contributed by atoms with van der Waals surface area (Å²) in [6.45, 7) is 4.25. The van der Waals surface area contributed by atoms with Gasteiger partial charge in [0, 0.05) is 22.6 Å². The maximum absolute atomic E-state index is 9.15. The summed E-state index contributed by atoms with van der Waals surface area (Å²) in [6, 6.07) is 5.45. The average Bonchev–Trinajstić information content (AvgIpc) is 2.18. The van der Waals surface area contributed by atoms with Crippen LogP contribution in [0.2, 0.25) is 10.0 Å². The molecule has 2 unspecified atom stereocenters. The van der Waals surface area contributed by atoms with E-state index in [-0.39, 0.29) is 12.1 Å². The van der Waals surface area contributed by atoms with E-state index in [2.05, 4.69) is 5.32 Å². The topological polar surface area (TPSA) is 32.3 Å². The van der Waals surface area contributed by atoms with Crippen molar-refractivity contribution in [1.82, 2.24) is 5.32 Å². The third kappa shape index (κ3) is 3.99. The normalized spacial score (nSPS) is 15.0. The van der Waals surface area contributed by atoms with E-state index in [9.17, 15) is 0 Å². The van der Waals surface area contributed by atoms with Crippen LogP contribution >= 0.6 is 23.2 Å². The van der Waals surface area contributed by atoms with Gasteiger partial charge in [-0.15, -0.1) is 0 Å². The Bertz CT molecular complexity index is 328. The van der Waals surface area contributed by atoms with E-state index in [1.807, 2.05) is 13.0 Å². The minimum atomic E-state index is -0.370. The zero-order valence-electron chi connectivity index (χ0n) is 8.80. The number of benzene rings is 1. The predicted molar refractivity (Wildman–Crippen MR) is 64.6 cm³/mol. The lowest BCUT2D eigenvalue weighted by Crippen LogP contribution is -2.27. The Kier molecular flexibility index (Phi) is 4.87. The molecule has 0 saturated carbocycles. The molecule has 0 radical (unpaired) electrons. The number of aliphatic hydroxyl groups excluding tert-OH is 1. The number of halogens is 2. The highest BCUT2D eigenvalue weighted by Crippen LogP contribution is 2.25. The van der Waals surface area contributed by atoms with Crippen LogP contribution in [0.1, 0.15) is 25.5 Å². The SMILES string of the molecule is CC(O)CNC(C)c1cc(Cl)ccc1Cl. The summed E-state index contributed by atoms with van der Waals surface area (Å²) < 4.78 is 0. The molecule has 4 heteroatoms. The van der Waals surface area contributed by atoms with E-state index in [0.29, 0.717) is 16.6 Å². The van der Waals surface area contributed by atoms with Crippen LogP contribution in [-0.2, 0) is 0 Å². The molecule has 0 amide bonds. The number of nitrogens with one attached hydrogen (secondary N) is 1. The summed E-state index contributed by atoms with van der Waals surface area (Å²) in [6.07, 6.45) is -0.370. The first-order chi connectivity index (χ1) is 7.00. The molecule has 0 spiro atoms. The monoisotopic (exact) mass is 247 g/mol. The molecule has 1 aromatic rings. The van der Waals surface area contributed by atoms with Gasteiger partial charge >= 0.3 is 0 Å². The molecule has 0 aliphatic heterocycles. The Morgan fingerprint density at radius 2 is 2.00 bits per heavy atom. The van der Waals surface area contributed by atoms with E-state index < -0.39 is 0 Å². The lowest BCUT2D eigenvalue weighted by atomic mass is 10.1. The van der Waals surface area contributed by atoms with Gasteiger partial charge in [0.2, 0.25) is 0 Å². The van der Waals surface area contributed by atoms with E-state index in [0.717, 1.165) is 5.56 Å². The Balaban J connectivity index is 2.72. The molecule has 0 aliphatic carbocycles. The zero-order valence-corrected chi connectivity index (χ0v) is 10.3. The maximum Gasteiger partial charge on any atom is 0.0636 e. The molecule has 1 aromatic carbocycles. The molecule has 0 aromatic heterocycles. The summed E-state index contributed by atoms with van der Waals surface area (Å²) in [4.78, 5) is 0. The van der Waals surface area contributed by atoms with Crippen LogP contribution in [-0.4, -0.2) is 17.8 Å². The molecular formula is C11H15Cl2NO. The smallest absolute Gasteiger partial charge is 0.0636 e. The van der Waals surface area contributed by atoms with Crippen molar-refractivity contribution in [2.75, 3.05) is 6.54 Å². The highest BCUT2D eigenvalue weighted by atomic mass is 35.5. The Hall–Kier alpha value is -0.280. The summed E-state index contributed by atoms with van der Waals surface area (Å²) >= 11 is 11.9. The quantitative estimate of drug-likeness (QED) is 0.858. The minimum absolute atomic E-state index is 0.0748. The number of rotatable bonds is 4. The number of hydrogen-bond donors (Lipinski definition) is 2. The molecule has 0 fully saturated rings. The van der Waals surface area contributed by atoms with Crippen molar-refractivity contribution in [2.24, 2.45) is 0 Å². The number of hydrogen-bond acceptors (Lipinski definition) is 2. The van der Waals surface area contributed by atoms with Gasteiger partial charge < -0.3 is 10.4 Å². The lowest BCUT2D eigenvalue weighted by molar-refractivity contribution is 0.187. The molecular weight excluding hydrogens is 233 g/mol. The van der Waals surface area contributed by atoms with Crippen LogP contribution in [0.15, 0.2) is 18.2 Å². The lowest BCUT2D eigenvalue weighted by Gasteiger charge is -2.17. The van der Waals surface area contributed by atoms with Crippen molar-refractivity contribution >= 4 is 23.2 Å². The molecule has 0 heterocycles. The van der Waals surface area contributed by atoms with Gasteiger partial charge in [-0.3, -0.25) is 0 Å². The molecule has 0 saturated heterocycles. The van der Waals surface area contributed by atoms with E-state index in [1.165, 1.54) is 0 Å². The Morgan fingerprint density at radius 3 is 2.60 bits per heavy atom. The van der Waals surface area contributed by atoms with Crippen LogP contribution in [0.3, 0.4) is 0 Å². The fourth-order valence-electron chi connectivity index (χ4n) is 1.30. The van der Waals surface area contributed by atoms with Crippen molar-refractivity contribution in [1.29, 1.82) is 0 Å². The fourth-order valence-corrected chi connectivity index (χ4v) is 1.77. The Labute approximate surface area is 100 Å². The molecule has 84 valence electrons. The van der Waals surface area contributed by atoms with Gasteiger partial charge in [-0.1, -0.05) is 23.2 Å². The Morgan fingerprint density at radius 1 is 1.33 bits per heavy atom. The third-order valence-corrected chi connectivity index (χ3v) is 2.72. The predicted octanol–water partition coefficient (Wildman–Crippen LogP) is 3.02. The van der Waals surface area contributed by atoms with Crippen molar-refractivity contribution in [2.45, 2.75) is 26.0 Å². The van der Waals surface area contributed by atoms with Crippen LogP contribution < -0.4 is 5.32 Å². The van der Waals surface area contributed by atoms with Gasteiger partial charge in [0.05, 0.1) is 6.10 Å². The van der Waals surface area contributed by atoms with E-state index in [1.54, 1.807) is 19.1 Å². The first kappa shape index (κ1) is 12.8. The standard InChI is InChI=1S/C11H15Cl2NO/c1-7(15)6-14-8(2)10-5-9(12)3-4-11(10)13/h3-5,7-8,14-15H,6H2,1-2H3. The first-order valence-corrected chi connectivity index (χ1v) is 5.62. The van der Waals surface area contributed by atoms with Crippen molar-refractivity contribution in [3.8, 4) is 0 Å². The largest absolute Gasteiger partial charge is 0.392 e. The van der Waals surface area contributed by atoms with Gasteiger partial charge in [0.15, 0.2) is 0 Å². The van der Waals surface area contributed by atoms with E-state index >= 15 is 0 Å². The molecule has 15 heavy (non-hydrogen) atoms. The second-order valence-corrected chi connectivity index (χ2v) is 4.49. The third-order valence-electron chi connectivity index (χ3n) is 2.14. The molecule has 2 N–H and O–H groups in total. The van der Waals surface area contributed by atoms with Crippen molar-refractivity contribution in [3.63, 3.8) is 0 Å². The van der Waals surface area contributed by atoms with Crippen LogP contribution in [0.5, 0.6) is 0 Å². The molecule has 2 nitrogen and oxygen atoms in total. The second kappa shape index (κ2) is 5.71. The van der Waals surface area contributed by atoms with Gasteiger partial charge in [0.25, 0.3) is 0 Å². The summed E-state index contributed by atoms with van der Waals surface area (Å²) in [5.74, 6) is 0. The summed E-state index contributed by atoms with van der Waals surface area (Å²) in [7, 11) is 0. The summed E-state index contributed by atoms with van der Waals surface area (Å²) in [5, 5.41) is 13.7. The number of aliphatic hydroxyl groups is 1. The fraction of sp³-hybridized carbons (Fsp3) is 0.455. The van der Waals surface area contributed by atoms with Gasteiger partial charge in [-0.05, 0) is 37.6 Å². The van der Waals surface area contributed by atoms with Crippen LogP contribution in [0.25, 0.3) is 0 Å². The second-order valence-electron chi connectivity index (χ2n) is 3.64. The average molecular weight is 248 g/mol. The molecule has 0 bridgehead atoms. The van der Waals surface area contributed by atoms with Crippen LogP contribution in [0.4, 0.5) is 0 Å². The van der Waals surface area contributed by atoms with Crippen molar-refractivity contribution in [3.05, 3.63) is 33.8 Å². The van der Waals surface area contributed by atoms with Gasteiger partial charge in [0.1, 0.15) is 0 Å². The van der Waals surface area contributed by atoms with Gasteiger partial charge in [-0.2, -0.15) is 0 Å². The highest BCUT2D eigenvalue weighted by Gasteiger charge is 2.10. The highest BCUT2D eigenvalue weighted by molar-refractivity contribution is 6.33. The summed E-state index contributed by atoms with van der Waals surface area (Å²) in [5.41, 5.74) is 0.949. The first-order valence-electron chi connectivity index (χ1n) is 4.87. The van der Waals surface area contributed by atoms with Crippen molar-refractivity contribution < 1.29 is 5.11 Å². The molecule has 2 atom stereocenters. The maximum atomic E-state index is 9.15. The minimum Gasteiger partial charge on any atom is -0.392 e. The molecule has 1 rings (SSSR count). The van der Waals surface area contributed by atoms with Gasteiger partial charge in [-0.25, -0.2) is 0 Å².